The Labute approximate surface area is 84.7 Å². The summed E-state index contributed by atoms with van der Waals surface area (Å²) in [6.07, 6.45) is 2.24. The zero-order valence-corrected chi connectivity index (χ0v) is 8.82. The van der Waals surface area contributed by atoms with Crippen molar-refractivity contribution in [2.75, 3.05) is 20.2 Å². The van der Waals surface area contributed by atoms with Crippen molar-refractivity contribution >= 4 is 12.1 Å². The first-order chi connectivity index (χ1) is 6.66. The van der Waals surface area contributed by atoms with Crippen LogP contribution in [-0.2, 0) is 9.59 Å². The molecule has 0 spiro atoms. The van der Waals surface area contributed by atoms with Crippen molar-refractivity contribution < 1.29 is 14.7 Å². The summed E-state index contributed by atoms with van der Waals surface area (Å²) >= 11 is 0. The maximum atomic E-state index is 10.5. The third kappa shape index (κ3) is 13.8. The van der Waals surface area contributed by atoms with Crippen molar-refractivity contribution in [3.05, 3.63) is 0 Å². The molecule has 0 aromatic rings. The van der Waals surface area contributed by atoms with E-state index >= 15 is 0 Å². The van der Waals surface area contributed by atoms with Crippen LogP contribution in [0.4, 0.5) is 0 Å². The van der Waals surface area contributed by atoms with E-state index in [1.165, 1.54) is 6.92 Å². The van der Waals surface area contributed by atoms with E-state index in [4.69, 9.17) is 10.8 Å². The molecule has 1 unspecified atom stereocenters. The van der Waals surface area contributed by atoms with Crippen molar-refractivity contribution in [1.29, 1.82) is 0 Å². The first kappa shape index (κ1) is 15.7. The van der Waals surface area contributed by atoms with Gasteiger partial charge in [0, 0.05) is 7.11 Å². The highest BCUT2D eigenvalue weighted by Crippen LogP contribution is 1.89. The number of hydrogen-bond donors (Lipinski definition) is 3. The monoisotopic (exact) mass is 204 g/mol. The lowest BCUT2D eigenvalue weighted by Gasteiger charge is -2.03. The van der Waals surface area contributed by atoms with Gasteiger partial charge in [-0.15, -0.1) is 0 Å². The lowest BCUT2D eigenvalue weighted by Crippen LogP contribution is -2.26. The van der Waals surface area contributed by atoms with Gasteiger partial charge in [-0.1, -0.05) is 0 Å². The smallest absolute Gasteiger partial charge is 0.143 e. The molecule has 5 nitrogen and oxygen atoms in total. The summed E-state index contributed by atoms with van der Waals surface area (Å²) in [6, 6.07) is -0.357. The second-order valence-corrected chi connectivity index (χ2v) is 2.82. The Morgan fingerprint density at radius 3 is 2.57 bits per heavy atom. The molecule has 0 heterocycles. The average molecular weight is 204 g/mol. The fourth-order valence-electron chi connectivity index (χ4n) is 0.795. The summed E-state index contributed by atoms with van der Waals surface area (Å²) in [5.41, 5.74) is 5.35. The quantitative estimate of drug-likeness (QED) is 0.368. The van der Waals surface area contributed by atoms with E-state index in [1.54, 1.807) is 0 Å². The van der Waals surface area contributed by atoms with Gasteiger partial charge in [0.1, 0.15) is 12.1 Å². The lowest BCUT2D eigenvalue weighted by molar-refractivity contribution is -0.116. The molecule has 0 saturated carbocycles. The van der Waals surface area contributed by atoms with Crippen LogP contribution in [0.2, 0.25) is 0 Å². The number of aldehydes is 1. The van der Waals surface area contributed by atoms with E-state index in [9.17, 15) is 9.59 Å². The van der Waals surface area contributed by atoms with Gasteiger partial charge in [-0.2, -0.15) is 0 Å². The van der Waals surface area contributed by atoms with Gasteiger partial charge in [-0.25, -0.2) is 0 Å². The molecule has 0 saturated heterocycles. The number of aliphatic hydroxyl groups excluding tert-OH is 1. The van der Waals surface area contributed by atoms with Gasteiger partial charge in [0.2, 0.25) is 0 Å². The van der Waals surface area contributed by atoms with Crippen LogP contribution in [0.5, 0.6) is 0 Å². The third-order valence-corrected chi connectivity index (χ3v) is 1.44. The van der Waals surface area contributed by atoms with E-state index in [-0.39, 0.29) is 11.8 Å². The summed E-state index contributed by atoms with van der Waals surface area (Å²) < 4.78 is 0. The molecule has 0 fully saturated rings. The van der Waals surface area contributed by atoms with Crippen molar-refractivity contribution in [3.8, 4) is 0 Å². The Balaban J connectivity index is 0. The van der Waals surface area contributed by atoms with Crippen molar-refractivity contribution in [3.63, 3.8) is 0 Å². The molecule has 0 aliphatic rings. The number of ketones is 1. The standard InChI is InChI=1S/C8H16N2O2.CH4O/c1-7(12)5-10-4-2-3-8(9)6-11;1-2/h6,8,10H,2-5,9H2,1H3;2H,1H3. The molecule has 0 aromatic heterocycles. The van der Waals surface area contributed by atoms with Crippen LogP contribution in [-0.4, -0.2) is 43.4 Å². The highest BCUT2D eigenvalue weighted by molar-refractivity contribution is 5.77. The Morgan fingerprint density at radius 2 is 2.14 bits per heavy atom. The second-order valence-electron chi connectivity index (χ2n) is 2.82. The summed E-state index contributed by atoms with van der Waals surface area (Å²) in [5.74, 6) is 0.120. The van der Waals surface area contributed by atoms with Gasteiger partial charge < -0.3 is 21.0 Å². The fraction of sp³-hybridized carbons (Fsp3) is 0.778. The number of aliphatic hydroxyl groups is 1. The summed E-state index contributed by atoms with van der Waals surface area (Å²) in [7, 11) is 1.00. The molecule has 0 rings (SSSR count). The van der Waals surface area contributed by atoms with Crippen LogP contribution in [0, 0.1) is 0 Å². The fourth-order valence-corrected chi connectivity index (χ4v) is 0.795. The lowest BCUT2D eigenvalue weighted by atomic mass is 10.2. The van der Waals surface area contributed by atoms with Crippen molar-refractivity contribution in [2.24, 2.45) is 5.73 Å². The first-order valence-electron chi connectivity index (χ1n) is 4.52. The molecule has 0 aromatic carbocycles. The molecule has 5 heteroatoms. The zero-order valence-electron chi connectivity index (χ0n) is 8.82. The largest absolute Gasteiger partial charge is 0.400 e. The normalized spacial score (nSPS) is 11.1. The maximum Gasteiger partial charge on any atom is 0.143 e. The Hall–Kier alpha value is -0.780. The van der Waals surface area contributed by atoms with E-state index in [0.29, 0.717) is 13.0 Å². The summed E-state index contributed by atoms with van der Waals surface area (Å²) in [4.78, 5) is 20.5. The second kappa shape index (κ2) is 12.2. The molecule has 14 heavy (non-hydrogen) atoms. The van der Waals surface area contributed by atoms with Gasteiger partial charge in [0.25, 0.3) is 0 Å². The van der Waals surface area contributed by atoms with Crippen LogP contribution < -0.4 is 11.1 Å². The molecule has 4 N–H and O–H groups in total. The minimum Gasteiger partial charge on any atom is -0.400 e. The molecule has 0 aliphatic carbocycles. The van der Waals surface area contributed by atoms with Crippen molar-refractivity contribution in [1.82, 2.24) is 5.32 Å². The van der Waals surface area contributed by atoms with Crippen LogP contribution in [0.3, 0.4) is 0 Å². The number of Topliss-reactive ketones (excluding diaryl/α,β-unsaturated/α-hetero) is 1. The predicted molar refractivity (Wildman–Crippen MR) is 55.0 cm³/mol. The van der Waals surface area contributed by atoms with E-state index < -0.39 is 0 Å². The van der Waals surface area contributed by atoms with E-state index in [0.717, 1.165) is 26.4 Å². The Kier molecular flexibility index (Phi) is 13.7. The number of carbonyl (C=O) groups is 2. The SMILES string of the molecule is CC(=O)CNCCCC(N)C=O.CO. The molecular weight excluding hydrogens is 184 g/mol. The van der Waals surface area contributed by atoms with Crippen LogP contribution >= 0.6 is 0 Å². The molecule has 84 valence electrons. The van der Waals surface area contributed by atoms with Gasteiger partial charge in [0.05, 0.1) is 12.6 Å². The van der Waals surface area contributed by atoms with Crippen molar-refractivity contribution in [2.45, 2.75) is 25.8 Å². The first-order valence-corrected chi connectivity index (χ1v) is 4.52. The molecule has 1 atom stereocenters. The van der Waals surface area contributed by atoms with Crippen LogP contribution in [0.15, 0.2) is 0 Å². The van der Waals surface area contributed by atoms with Gasteiger partial charge >= 0.3 is 0 Å². The van der Waals surface area contributed by atoms with Gasteiger partial charge in [0.15, 0.2) is 0 Å². The van der Waals surface area contributed by atoms with Crippen LogP contribution in [0.25, 0.3) is 0 Å². The average Bonchev–Trinajstić information content (AvgIpc) is 2.19. The predicted octanol–water partition coefficient (Wildman–Crippen LogP) is -0.920. The van der Waals surface area contributed by atoms with E-state index in [1.807, 2.05) is 0 Å². The molecular formula is C9H20N2O3. The highest BCUT2D eigenvalue weighted by Gasteiger charge is 1.98. The molecule has 0 bridgehead atoms. The number of nitrogens with two attached hydrogens (primary N) is 1. The van der Waals surface area contributed by atoms with Gasteiger partial charge in [-0.05, 0) is 26.3 Å². The number of rotatable bonds is 7. The minimum absolute atomic E-state index is 0.120. The Bertz CT molecular complexity index is 151. The minimum atomic E-state index is -0.357. The Morgan fingerprint density at radius 1 is 1.57 bits per heavy atom. The number of carbonyl (C=O) groups excluding carboxylic acids is 2. The zero-order chi connectivity index (χ0) is 11.4. The van der Waals surface area contributed by atoms with E-state index in [2.05, 4.69) is 5.32 Å². The summed E-state index contributed by atoms with van der Waals surface area (Å²) in [5, 5.41) is 9.94. The number of hydrogen-bond acceptors (Lipinski definition) is 5. The van der Waals surface area contributed by atoms with Gasteiger partial charge in [-0.3, -0.25) is 4.79 Å². The molecule has 0 radical (unpaired) electrons. The summed E-state index contributed by atoms with van der Waals surface area (Å²) in [6.45, 7) is 2.67. The highest BCUT2D eigenvalue weighted by atomic mass is 16.2. The third-order valence-electron chi connectivity index (χ3n) is 1.44. The molecule has 0 aliphatic heterocycles. The number of nitrogens with one attached hydrogen (secondary N) is 1. The van der Waals surface area contributed by atoms with Crippen LogP contribution in [0.1, 0.15) is 19.8 Å². The maximum absolute atomic E-state index is 10.5. The molecule has 0 amide bonds. The topological polar surface area (TPSA) is 92.4 Å².